The quantitative estimate of drug-likeness (QED) is 0.616. The van der Waals surface area contributed by atoms with Gasteiger partial charge in [0.25, 0.3) is 0 Å². The van der Waals surface area contributed by atoms with Crippen molar-refractivity contribution in [2.24, 2.45) is 0 Å². The fraction of sp³-hybridized carbons (Fsp3) is 0.444. The first-order valence-corrected chi connectivity index (χ1v) is 5.93. The average Bonchev–Trinajstić information content (AvgIpc) is 2.66. The number of rotatable bonds is 4. The molecule has 0 amide bonds. The number of carbonyl (C=O) groups excluding carboxylic acids is 1. The van der Waals surface area contributed by atoms with Crippen LogP contribution in [0.1, 0.15) is 23.7 Å². The van der Waals surface area contributed by atoms with E-state index in [1.165, 1.54) is 11.3 Å². The zero-order valence-corrected chi connectivity index (χ0v) is 9.73. The number of carbonyl (C=O) groups is 1. The van der Waals surface area contributed by atoms with Crippen LogP contribution in [0.15, 0.2) is 16.8 Å². The van der Waals surface area contributed by atoms with Gasteiger partial charge in [-0.2, -0.15) is 11.3 Å². The highest BCUT2D eigenvalue weighted by Gasteiger charge is 2.09. The molecule has 0 radical (unpaired) electrons. The Morgan fingerprint density at radius 1 is 1.77 bits per heavy atom. The Hall–Kier alpha value is -0.350. The van der Waals surface area contributed by atoms with Gasteiger partial charge in [0.15, 0.2) is 0 Å². The number of ether oxygens (including phenoxy) is 1. The lowest BCUT2D eigenvalue weighted by Gasteiger charge is -2.06. The maximum absolute atomic E-state index is 11.3. The van der Waals surface area contributed by atoms with Crippen LogP contribution in [0.4, 0.5) is 0 Å². The van der Waals surface area contributed by atoms with E-state index in [-0.39, 0.29) is 10.8 Å². The molecule has 0 N–H and O–H groups in total. The highest BCUT2D eigenvalue weighted by atomic mass is 79.9. The Morgan fingerprint density at radius 2 is 2.54 bits per heavy atom. The monoisotopic (exact) mass is 262 g/mol. The number of thiophene rings is 1. The maximum Gasteiger partial charge on any atom is 0.339 e. The molecular formula is C9H11BrO2S. The molecule has 0 aliphatic heterocycles. The molecular weight excluding hydrogens is 252 g/mol. The molecule has 0 spiro atoms. The summed E-state index contributed by atoms with van der Waals surface area (Å²) < 4.78 is 5.06. The standard InChI is InChI=1S/C9H11BrO2S/c1-2-8(10)5-12-9(11)7-3-4-13-6-7/h3-4,6,8H,2,5H2,1H3. The largest absolute Gasteiger partial charge is 0.461 e. The van der Waals surface area contributed by atoms with Crippen LogP contribution in [-0.4, -0.2) is 17.4 Å². The van der Waals surface area contributed by atoms with Gasteiger partial charge in [-0.25, -0.2) is 4.79 Å². The van der Waals surface area contributed by atoms with Crippen molar-refractivity contribution in [1.82, 2.24) is 0 Å². The molecule has 2 nitrogen and oxygen atoms in total. The zero-order chi connectivity index (χ0) is 9.68. The molecule has 0 fully saturated rings. The summed E-state index contributed by atoms with van der Waals surface area (Å²) in [6, 6.07) is 1.77. The second kappa shape index (κ2) is 5.40. The lowest BCUT2D eigenvalue weighted by atomic mass is 10.3. The topological polar surface area (TPSA) is 26.3 Å². The van der Waals surface area contributed by atoms with Crippen LogP contribution in [-0.2, 0) is 4.74 Å². The summed E-state index contributed by atoms with van der Waals surface area (Å²) in [5.41, 5.74) is 0.640. The van der Waals surface area contributed by atoms with Crippen LogP contribution >= 0.6 is 27.3 Å². The lowest BCUT2D eigenvalue weighted by molar-refractivity contribution is 0.0508. The maximum atomic E-state index is 11.3. The molecule has 72 valence electrons. The summed E-state index contributed by atoms with van der Waals surface area (Å²) in [7, 11) is 0. The number of halogens is 1. The van der Waals surface area contributed by atoms with E-state index in [2.05, 4.69) is 15.9 Å². The van der Waals surface area contributed by atoms with Gasteiger partial charge in [-0.15, -0.1) is 0 Å². The average molecular weight is 263 g/mol. The molecule has 0 aliphatic rings. The minimum Gasteiger partial charge on any atom is -0.461 e. The van der Waals surface area contributed by atoms with E-state index in [0.717, 1.165) is 6.42 Å². The highest BCUT2D eigenvalue weighted by molar-refractivity contribution is 9.09. The number of esters is 1. The summed E-state index contributed by atoms with van der Waals surface area (Å²) in [6.45, 7) is 2.48. The van der Waals surface area contributed by atoms with Crippen molar-refractivity contribution in [3.05, 3.63) is 22.4 Å². The minimum atomic E-state index is -0.237. The zero-order valence-electron chi connectivity index (χ0n) is 7.33. The van der Waals surface area contributed by atoms with Gasteiger partial charge in [-0.05, 0) is 17.9 Å². The van der Waals surface area contributed by atoms with Crippen molar-refractivity contribution in [2.45, 2.75) is 18.2 Å². The number of hydrogen-bond donors (Lipinski definition) is 0. The van der Waals surface area contributed by atoms with Crippen LogP contribution in [0.5, 0.6) is 0 Å². The molecule has 1 aromatic heterocycles. The molecule has 1 aromatic rings. The van der Waals surface area contributed by atoms with Crippen LogP contribution in [0.25, 0.3) is 0 Å². The van der Waals surface area contributed by atoms with E-state index in [1.54, 1.807) is 11.4 Å². The SMILES string of the molecule is CCC(Br)COC(=O)c1ccsc1. The first kappa shape index (κ1) is 10.7. The highest BCUT2D eigenvalue weighted by Crippen LogP contribution is 2.10. The van der Waals surface area contributed by atoms with Gasteiger partial charge in [0.2, 0.25) is 0 Å². The van der Waals surface area contributed by atoms with Gasteiger partial charge in [-0.3, -0.25) is 0 Å². The Morgan fingerprint density at radius 3 is 3.08 bits per heavy atom. The molecule has 0 bridgehead atoms. The van der Waals surface area contributed by atoms with Crippen molar-refractivity contribution < 1.29 is 9.53 Å². The summed E-state index contributed by atoms with van der Waals surface area (Å²) >= 11 is 4.89. The molecule has 1 heterocycles. The Bertz CT molecular complexity index is 259. The fourth-order valence-corrected chi connectivity index (χ4v) is 1.51. The first-order chi connectivity index (χ1) is 6.24. The molecule has 13 heavy (non-hydrogen) atoms. The Labute approximate surface area is 90.0 Å². The molecule has 0 aliphatic carbocycles. The van der Waals surface area contributed by atoms with Crippen LogP contribution in [0, 0.1) is 0 Å². The summed E-state index contributed by atoms with van der Waals surface area (Å²) in [6.07, 6.45) is 0.955. The molecule has 1 atom stereocenters. The predicted molar refractivity (Wildman–Crippen MR) is 57.6 cm³/mol. The fourth-order valence-electron chi connectivity index (χ4n) is 0.748. The second-order valence-electron chi connectivity index (χ2n) is 2.62. The van der Waals surface area contributed by atoms with Crippen LogP contribution in [0.2, 0.25) is 0 Å². The van der Waals surface area contributed by atoms with E-state index >= 15 is 0 Å². The summed E-state index contributed by atoms with van der Waals surface area (Å²) in [5, 5.41) is 3.65. The van der Waals surface area contributed by atoms with Crippen molar-refractivity contribution in [2.75, 3.05) is 6.61 Å². The van der Waals surface area contributed by atoms with Crippen LogP contribution in [0.3, 0.4) is 0 Å². The van der Waals surface area contributed by atoms with Crippen molar-refractivity contribution in [3.63, 3.8) is 0 Å². The minimum absolute atomic E-state index is 0.237. The van der Waals surface area contributed by atoms with Crippen LogP contribution < -0.4 is 0 Å². The van der Waals surface area contributed by atoms with E-state index in [0.29, 0.717) is 12.2 Å². The number of hydrogen-bond acceptors (Lipinski definition) is 3. The van der Waals surface area contributed by atoms with Gasteiger partial charge < -0.3 is 4.74 Å². The van der Waals surface area contributed by atoms with Gasteiger partial charge >= 0.3 is 5.97 Å². The molecule has 0 aromatic carbocycles. The van der Waals surface area contributed by atoms with E-state index in [9.17, 15) is 4.79 Å². The van der Waals surface area contributed by atoms with Crippen molar-refractivity contribution >= 4 is 33.2 Å². The van der Waals surface area contributed by atoms with Gasteiger partial charge in [0.1, 0.15) is 6.61 Å². The van der Waals surface area contributed by atoms with Crippen molar-refractivity contribution in [3.8, 4) is 0 Å². The third-order valence-electron chi connectivity index (χ3n) is 1.60. The Balaban J connectivity index is 2.35. The summed E-state index contributed by atoms with van der Waals surface area (Å²) in [5.74, 6) is -0.237. The van der Waals surface area contributed by atoms with E-state index < -0.39 is 0 Å². The normalized spacial score (nSPS) is 12.5. The molecule has 1 unspecified atom stereocenters. The molecule has 4 heteroatoms. The molecule has 0 saturated carbocycles. The molecule has 1 rings (SSSR count). The Kier molecular flexibility index (Phi) is 4.45. The number of alkyl halides is 1. The van der Waals surface area contributed by atoms with E-state index in [4.69, 9.17) is 4.74 Å². The summed E-state index contributed by atoms with van der Waals surface area (Å²) in [4.78, 5) is 11.5. The van der Waals surface area contributed by atoms with Crippen molar-refractivity contribution in [1.29, 1.82) is 0 Å². The predicted octanol–water partition coefficient (Wildman–Crippen LogP) is 3.08. The lowest BCUT2D eigenvalue weighted by Crippen LogP contribution is -2.12. The first-order valence-electron chi connectivity index (χ1n) is 4.07. The van der Waals surface area contributed by atoms with Gasteiger partial charge in [-0.1, -0.05) is 22.9 Å². The second-order valence-corrected chi connectivity index (χ2v) is 4.69. The third kappa shape index (κ3) is 3.48. The van der Waals surface area contributed by atoms with E-state index in [1.807, 2.05) is 12.3 Å². The third-order valence-corrected chi connectivity index (χ3v) is 3.19. The van der Waals surface area contributed by atoms with Gasteiger partial charge in [0, 0.05) is 10.2 Å². The van der Waals surface area contributed by atoms with Gasteiger partial charge in [0.05, 0.1) is 5.56 Å². The molecule has 0 saturated heterocycles. The smallest absolute Gasteiger partial charge is 0.339 e.